The van der Waals surface area contributed by atoms with Crippen molar-refractivity contribution in [1.29, 1.82) is 0 Å². The van der Waals surface area contributed by atoms with Crippen LogP contribution in [0.25, 0.3) is 28.1 Å². The third-order valence-electron chi connectivity index (χ3n) is 4.94. The molecule has 0 fully saturated rings. The van der Waals surface area contributed by atoms with Crippen LogP contribution in [0.4, 0.5) is 0 Å². The van der Waals surface area contributed by atoms with Crippen LogP contribution in [0.1, 0.15) is 5.82 Å². The van der Waals surface area contributed by atoms with Crippen molar-refractivity contribution in [2.75, 3.05) is 0 Å². The Morgan fingerprint density at radius 2 is 1.69 bits per heavy atom. The second kappa shape index (κ2) is 7.24. The lowest BCUT2D eigenvalue weighted by molar-refractivity contribution is 0.292. The highest BCUT2D eigenvalue weighted by Gasteiger charge is 2.09. The molecule has 6 heteroatoms. The number of hydrogen-bond acceptors (Lipinski definition) is 4. The molecule has 0 aliphatic heterocycles. The Bertz CT molecular complexity index is 1260. The van der Waals surface area contributed by atoms with E-state index in [4.69, 9.17) is 4.74 Å². The summed E-state index contributed by atoms with van der Waals surface area (Å²) < 4.78 is 10.1. The first-order valence-corrected chi connectivity index (χ1v) is 9.37. The lowest BCUT2D eigenvalue weighted by Gasteiger charge is -2.10. The van der Waals surface area contributed by atoms with E-state index in [2.05, 4.69) is 25.6 Å². The van der Waals surface area contributed by atoms with Crippen molar-refractivity contribution in [1.82, 2.24) is 24.1 Å². The summed E-state index contributed by atoms with van der Waals surface area (Å²) in [6.45, 7) is 0.415. The fourth-order valence-electron chi connectivity index (χ4n) is 3.40. The maximum absolute atomic E-state index is 5.97. The molecule has 0 saturated heterocycles. The SMILES string of the molecule is Cn1c(COc2ccc(-n3ccnc3-c3ccncc3)cc2)nc2ccccc21. The fourth-order valence-corrected chi connectivity index (χ4v) is 3.40. The van der Waals surface area contributed by atoms with Gasteiger partial charge in [0.25, 0.3) is 0 Å². The van der Waals surface area contributed by atoms with Gasteiger partial charge in [-0.2, -0.15) is 0 Å². The number of ether oxygens (including phenoxy) is 1. The lowest BCUT2D eigenvalue weighted by Crippen LogP contribution is -2.03. The Morgan fingerprint density at radius 3 is 2.48 bits per heavy atom. The van der Waals surface area contributed by atoms with Gasteiger partial charge >= 0.3 is 0 Å². The standard InChI is InChI=1S/C23H19N5O/c1-27-21-5-3-2-4-20(21)26-22(27)16-29-19-8-6-18(7-9-19)28-15-14-25-23(28)17-10-12-24-13-11-17/h2-15H,16H2,1H3. The number of fused-ring (bicyclic) bond motifs is 1. The molecule has 0 aliphatic carbocycles. The second-order valence-electron chi connectivity index (χ2n) is 6.72. The molecular weight excluding hydrogens is 362 g/mol. The third-order valence-corrected chi connectivity index (χ3v) is 4.94. The van der Waals surface area contributed by atoms with Crippen LogP contribution in [0.5, 0.6) is 5.75 Å². The molecule has 5 aromatic rings. The first kappa shape index (κ1) is 17.2. The van der Waals surface area contributed by atoms with Gasteiger partial charge in [0, 0.05) is 43.1 Å². The topological polar surface area (TPSA) is 57.8 Å². The molecule has 0 aliphatic rings. The summed E-state index contributed by atoms with van der Waals surface area (Å²) in [6.07, 6.45) is 7.29. The van der Waals surface area contributed by atoms with Gasteiger partial charge in [0.2, 0.25) is 0 Å². The predicted molar refractivity (Wildman–Crippen MR) is 112 cm³/mol. The zero-order chi connectivity index (χ0) is 19.6. The molecule has 142 valence electrons. The Morgan fingerprint density at radius 1 is 0.897 bits per heavy atom. The van der Waals surface area contributed by atoms with Gasteiger partial charge in [0.15, 0.2) is 0 Å². The highest BCUT2D eigenvalue weighted by atomic mass is 16.5. The molecule has 3 aromatic heterocycles. The molecule has 0 spiro atoms. The molecule has 29 heavy (non-hydrogen) atoms. The van der Waals surface area contributed by atoms with Gasteiger partial charge in [-0.1, -0.05) is 12.1 Å². The second-order valence-corrected chi connectivity index (χ2v) is 6.72. The molecule has 2 aromatic carbocycles. The van der Waals surface area contributed by atoms with E-state index in [1.807, 2.05) is 72.4 Å². The van der Waals surface area contributed by atoms with Gasteiger partial charge < -0.3 is 9.30 Å². The van der Waals surface area contributed by atoms with Crippen molar-refractivity contribution in [2.45, 2.75) is 6.61 Å². The Balaban J connectivity index is 1.35. The summed E-state index contributed by atoms with van der Waals surface area (Å²) in [5, 5.41) is 0. The average Bonchev–Trinajstić information content (AvgIpc) is 3.39. The molecule has 0 unspecified atom stereocenters. The Labute approximate surface area is 168 Å². The van der Waals surface area contributed by atoms with Gasteiger partial charge in [0.05, 0.1) is 11.0 Å². The minimum atomic E-state index is 0.415. The minimum Gasteiger partial charge on any atom is -0.486 e. The van der Waals surface area contributed by atoms with Crippen LogP contribution in [0.2, 0.25) is 0 Å². The number of aryl methyl sites for hydroxylation is 1. The highest BCUT2D eigenvalue weighted by molar-refractivity contribution is 5.75. The third kappa shape index (κ3) is 3.25. The fraction of sp³-hybridized carbons (Fsp3) is 0.0870. The maximum Gasteiger partial charge on any atom is 0.147 e. The van der Waals surface area contributed by atoms with Gasteiger partial charge in [0.1, 0.15) is 24.0 Å². The first-order valence-electron chi connectivity index (χ1n) is 9.37. The molecule has 0 N–H and O–H groups in total. The number of rotatable bonds is 5. The molecule has 0 saturated carbocycles. The number of pyridine rings is 1. The van der Waals surface area contributed by atoms with Crippen LogP contribution in [0, 0.1) is 0 Å². The zero-order valence-electron chi connectivity index (χ0n) is 15.9. The van der Waals surface area contributed by atoms with Crippen molar-refractivity contribution < 1.29 is 4.74 Å². The van der Waals surface area contributed by atoms with Crippen LogP contribution in [-0.4, -0.2) is 24.1 Å². The highest BCUT2D eigenvalue weighted by Crippen LogP contribution is 2.23. The maximum atomic E-state index is 5.97. The normalized spacial score (nSPS) is 11.1. The number of imidazole rings is 2. The summed E-state index contributed by atoms with van der Waals surface area (Å²) in [4.78, 5) is 13.2. The van der Waals surface area contributed by atoms with E-state index in [-0.39, 0.29) is 0 Å². The number of hydrogen-bond donors (Lipinski definition) is 0. The molecule has 0 radical (unpaired) electrons. The van der Waals surface area contributed by atoms with Gasteiger partial charge in [-0.15, -0.1) is 0 Å². The van der Waals surface area contributed by atoms with Crippen molar-refractivity contribution >= 4 is 11.0 Å². The number of benzene rings is 2. The summed E-state index contributed by atoms with van der Waals surface area (Å²) in [5.74, 6) is 2.57. The van der Waals surface area contributed by atoms with Crippen LogP contribution < -0.4 is 4.74 Å². The number of nitrogens with zero attached hydrogens (tertiary/aromatic N) is 5. The van der Waals surface area contributed by atoms with Crippen LogP contribution in [0.3, 0.4) is 0 Å². The van der Waals surface area contributed by atoms with E-state index in [1.54, 1.807) is 18.6 Å². The van der Waals surface area contributed by atoms with E-state index >= 15 is 0 Å². The summed E-state index contributed by atoms with van der Waals surface area (Å²) in [7, 11) is 2.01. The van der Waals surface area contributed by atoms with Gasteiger partial charge in [-0.3, -0.25) is 9.55 Å². The lowest BCUT2D eigenvalue weighted by atomic mass is 10.2. The average molecular weight is 381 g/mol. The molecule has 0 amide bonds. The van der Waals surface area contributed by atoms with Gasteiger partial charge in [-0.05, 0) is 48.5 Å². The number of aromatic nitrogens is 5. The van der Waals surface area contributed by atoms with E-state index < -0.39 is 0 Å². The molecular formula is C23H19N5O. The van der Waals surface area contributed by atoms with E-state index in [9.17, 15) is 0 Å². The van der Waals surface area contributed by atoms with Gasteiger partial charge in [-0.25, -0.2) is 9.97 Å². The van der Waals surface area contributed by atoms with Crippen LogP contribution in [-0.2, 0) is 13.7 Å². The largest absolute Gasteiger partial charge is 0.486 e. The van der Waals surface area contributed by atoms with Crippen molar-refractivity contribution in [2.24, 2.45) is 7.05 Å². The van der Waals surface area contributed by atoms with Crippen molar-refractivity contribution in [3.8, 4) is 22.8 Å². The van der Waals surface area contributed by atoms with E-state index in [0.717, 1.165) is 39.7 Å². The Kier molecular flexibility index (Phi) is 4.29. The van der Waals surface area contributed by atoms with Crippen molar-refractivity contribution in [3.05, 3.63) is 91.3 Å². The summed E-state index contributed by atoms with van der Waals surface area (Å²) in [6, 6.07) is 20.0. The Hall–Kier alpha value is -3.93. The minimum absolute atomic E-state index is 0.415. The zero-order valence-corrected chi connectivity index (χ0v) is 15.9. The van der Waals surface area contributed by atoms with Crippen molar-refractivity contribution in [3.63, 3.8) is 0 Å². The molecule has 0 bridgehead atoms. The molecule has 6 nitrogen and oxygen atoms in total. The first-order chi connectivity index (χ1) is 14.3. The summed E-state index contributed by atoms with van der Waals surface area (Å²) in [5.41, 5.74) is 4.12. The summed E-state index contributed by atoms with van der Waals surface area (Å²) >= 11 is 0. The number of para-hydroxylation sites is 2. The molecule has 0 atom stereocenters. The smallest absolute Gasteiger partial charge is 0.147 e. The van der Waals surface area contributed by atoms with Crippen LogP contribution in [0.15, 0.2) is 85.5 Å². The predicted octanol–water partition coefficient (Wildman–Crippen LogP) is 4.40. The monoisotopic (exact) mass is 381 g/mol. The van der Waals surface area contributed by atoms with Crippen LogP contribution >= 0.6 is 0 Å². The quantitative estimate of drug-likeness (QED) is 0.453. The van der Waals surface area contributed by atoms with E-state index in [1.165, 1.54) is 0 Å². The van der Waals surface area contributed by atoms with E-state index in [0.29, 0.717) is 6.61 Å². The molecule has 3 heterocycles. The molecule has 5 rings (SSSR count).